The van der Waals surface area contributed by atoms with Crippen molar-refractivity contribution >= 4 is 23.4 Å². The summed E-state index contributed by atoms with van der Waals surface area (Å²) in [6, 6.07) is 24.8. The van der Waals surface area contributed by atoms with Crippen molar-refractivity contribution in [3.63, 3.8) is 0 Å². The quantitative estimate of drug-likeness (QED) is 0.245. The van der Waals surface area contributed by atoms with E-state index in [2.05, 4.69) is 11.4 Å². The van der Waals surface area contributed by atoms with Crippen molar-refractivity contribution in [2.45, 2.75) is 11.4 Å². The number of amides is 1. The third-order valence-corrected chi connectivity index (χ3v) is 7.24. The summed E-state index contributed by atoms with van der Waals surface area (Å²) >= 11 is 1.36. The molecule has 40 heavy (non-hydrogen) atoms. The minimum absolute atomic E-state index is 0.156. The number of thioether (sulfide) groups is 1. The average Bonchev–Trinajstić information content (AvgIpc) is 3.00. The number of hydrogen-bond acceptors (Lipinski definition) is 8. The van der Waals surface area contributed by atoms with Gasteiger partial charge in [0.15, 0.2) is 11.5 Å². The highest BCUT2D eigenvalue weighted by Gasteiger charge is 2.20. The normalized spacial score (nSPS) is 11.8. The zero-order valence-corrected chi connectivity index (χ0v) is 22.9. The number of nitrogens with one attached hydrogen (secondary N) is 1. The molecule has 1 aliphatic rings. The Kier molecular flexibility index (Phi) is 8.38. The molecule has 0 radical (unpaired) electrons. The van der Waals surface area contributed by atoms with Gasteiger partial charge in [-0.05, 0) is 36.4 Å². The summed E-state index contributed by atoms with van der Waals surface area (Å²) in [5.74, 6) is 2.79. The van der Waals surface area contributed by atoms with Crippen LogP contribution in [0.2, 0.25) is 0 Å². The number of nitriles is 1. The number of hydrogen-bond donors (Lipinski definition) is 1. The predicted molar refractivity (Wildman–Crippen MR) is 154 cm³/mol. The second kappa shape index (κ2) is 12.5. The molecule has 0 unspecified atom stereocenters. The topological polar surface area (TPSA) is 103 Å². The Labute approximate surface area is 236 Å². The highest BCUT2D eigenvalue weighted by Crippen LogP contribution is 2.40. The molecule has 1 N–H and O–H groups in total. The summed E-state index contributed by atoms with van der Waals surface area (Å²) < 4.78 is 22.2. The Morgan fingerprint density at radius 3 is 2.52 bits per heavy atom. The van der Waals surface area contributed by atoms with Gasteiger partial charge in [0.25, 0.3) is 0 Å². The molecule has 0 fully saturated rings. The van der Waals surface area contributed by atoms with E-state index in [4.69, 9.17) is 23.9 Å². The smallest absolute Gasteiger partial charge is 0.225 e. The lowest BCUT2D eigenvalue weighted by Crippen LogP contribution is -2.16. The van der Waals surface area contributed by atoms with Crippen molar-refractivity contribution in [1.29, 1.82) is 5.26 Å². The minimum Gasteiger partial charge on any atom is -0.497 e. The summed E-state index contributed by atoms with van der Waals surface area (Å²) in [5, 5.41) is 13.7. The molecule has 3 aromatic carbocycles. The maximum absolute atomic E-state index is 12.7. The van der Waals surface area contributed by atoms with E-state index >= 15 is 0 Å². The van der Waals surface area contributed by atoms with Crippen molar-refractivity contribution in [2.75, 3.05) is 38.5 Å². The van der Waals surface area contributed by atoms with Crippen molar-refractivity contribution in [1.82, 2.24) is 4.98 Å². The van der Waals surface area contributed by atoms with Gasteiger partial charge in [-0.1, -0.05) is 30.3 Å². The van der Waals surface area contributed by atoms with E-state index in [1.165, 1.54) is 11.8 Å². The first-order valence-electron chi connectivity index (χ1n) is 12.6. The van der Waals surface area contributed by atoms with E-state index in [0.29, 0.717) is 69.5 Å². The van der Waals surface area contributed by atoms with Crippen LogP contribution in [0, 0.1) is 11.3 Å². The maximum atomic E-state index is 12.7. The van der Waals surface area contributed by atoms with Gasteiger partial charge in [-0.25, -0.2) is 4.98 Å². The van der Waals surface area contributed by atoms with Crippen LogP contribution in [0.15, 0.2) is 77.8 Å². The fraction of sp³-hybridized carbons (Fsp3) is 0.194. The first-order valence-corrected chi connectivity index (χ1v) is 13.6. The van der Waals surface area contributed by atoms with Crippen LogP contribution in [-0.2, 0) is 4.79 Å². The lowest BCUT2D eigenvalue weighted by atomic mass is 9.98. The van der Waals surface area contributed by atoms with Gasteiger partial charge in [-0.2, -0.15) is 5.26 Å². The van der Waals surface area contributed by atoms with Crippen LogP contribution in [0.1, 0.15) is 12.0 Å². The van der Waals surface area contributed by atoms with E-state index in [1.807, 2.05) is 54.6 Å². The molecule has 1 aromatic heterocycles. The second-order valence-corrected chi connectivity index (χ2v) is 9.87. The first kappa shape index (κ1) is 26.9. The molecule has 1 aliphatic heterocycles. The van der Waals surface area contributed by atoms with Crippen LogP contribution in [0.5, 0.6) is 23.0 Å². The highest BCUT2D eigenvalue weighted by atomic mass is 32.2. The lowest BCUT2D eigenvalue weighted by Gasteiger charge is -2.19. The molecule has 9 heteroatoms. The SMILES string of the molecule is COc1ccc(OC)c(-c2cc(-c3ccccc3)nc(SCCC(=O)Nc3ccc4c(c3)OCCO4)c2C#N)c1. The Bertz CT molecular complexity index is 1570. The molecule has 4 aromatic rings. The van der Waals surface area contributed by atoms with Crippen molar-refractivity contribution < 1.29 is 23.7 Å². The molecular formula is C31H27N3O5S. The monoisotopic (exact) mass is 553 g/mol. The van der Waals surface area contributed by atoms with Gasteiger partial charge >= 0.3 is 0 Å². The Hall–Kier alpha value is -4.68. The van der Waals surface area contributed by atoms with Gasteiger partial charge in [0.2, 0.25) is 5.91 Å². The Morgan fingerprint density at radius 2 is 1.77 bits per heavy atom. The number of pyridine rings is 1. The van der Waals surface area contributed by atoms with Crippen molar-refractivity contribution in [3.8, 4) is 51.5 Å². The minimum atomic E-state index is -0.156. The first-order chi connectivity index (χ1) is 19.6. The summed E-state index contributed by atoms with van der Waals surface area (Å²) in [4.78, 5) is 17.6. The zero-order chi connectivity index (χ0) is 27.9. The molecule has 0 spiro atoms. The van der Waals surface area contributed by atoms with Gasteiger partial charge in [-0.15, -0.1) is 11.8 Å². The van der Waals surface area contributed by atoms with Crippen LogP contribution >= 0.6 is 11.8 Å². The molecule has 0 aliphatic carbocycles. The van der Waals surface area contributed by atoms with Crippen molar-refractivity contribution in [2.24, 2.45) is 0 Å². The lowest BCUT2D eigenvalue weighted by molar-refractivity contribution is -0.115. The van der Waals surface area contributed by atoms with Crippen LogP contribution in [-0.4, -0.2) is 44.1 Å². The second-order valence-electron chi connectivity index (χ2n) is 8.78. The molecule has 0 bridgehead atoms. The highest BCUT2D eigenvalue weighted by molar-refractivity contribution is 7.99. The number of carbonyl (C=O) groups is 1. The zero-order valence-electron chi connectivity index (χ0n) is 22.1. The van der Waals surface area contributed by atoms with E-state index < -0.39 is 0 Å². The number of rotatable bonds is 9. The summed E-state index contributed by atoms with van der Waals surface area (Å²) in [7, 11) is 3.18. The standard InChI is InChI=1S/C31H27N3O5S/c1-36-22-9-11-27(37-2)24(17-22)23-18-26(20-6-4-3-5-7-20)34-31(25(23)19-32)40-15-12-30(35)33-21-8-10-28-29(16-21)39-14-13-38-28/h3-11,16-18H,12-15H2,1-2H3,(H,33,35). The maximum Gasteiger partial charge on any atom is 0.225 e. The number of carbonyl (C=O) groups excluding carboxylic acids is 1. The van der Waals surface area contributed by atoms with E-state index in [0.717, 1.165) is 11.1 Å². The van der Waals surface area contributed by atoms with Gasteiger partial charge in [-0.3, -0.25) is 4.79 Å². The number of ether oxygens (including phenoxy) is 4. The van der Waals surface area contributed by atoms with E-state index in [9.17, 15) is 10.1 Å². The van der Waals surface area contributed by atoms with Crippen LogP contribution in [0.4, 0.5) is 5.69 Å². The average molecular weight is 554 g/mol. The van der Waals surface area contributed by atoms with Crippen LogP contribution in [0.3, 0.4) is 0 Å². The fourth-order valence-corrected chi connectivity index (χ4v) is 5.26. The van der Waals surface area contributed by atoms with Gasteiger partial charge in [0.1, 0.15) is 35.8 Å². The number of benzene rings is 3. The van der Waals surface area contributed by atoms with Gasteiger partial charge < -0.3 is 24.3 Å². The third kappa shape index (κ3) is 5.98. The molecule has 1 amide bonds. The summed E-state index contributed by atoms with van der Waals surface area (Å²) in [6.07, 6.45) is 0.221. The van der Waals surface area contributed by atoms with Crippen molar-refractivity contribution in [3.05, 3.63) is 78.4 Å². The molecule has 5 rings (SSSR count). The molecular weight excluding hydrogens is 526 g/mol. The molecule has 8 nitrogen and oxygen atoms in total. The number of anilines is 1. The number of methoxy groups -OCH3 is 2. The van der Waals surface area contributed by atoms with E-state index in [1.54, 1.807) is 32.4 Å². The predicted octanol–water partition coefficient (Wildman–Crippen LogP) is 6.20. The Morgan fingerprint density at radius 1 is 0.975 bits per heavy atom. The Balaban J connectivity index is 1.41. The molecule has 0 atom stereocenters. The summed E-state index contributed by atoms with van der Waals surface area (Å²) in [5.41, 5.74) is 4.06. The number of nitrogens with zero attached hydrogens (tertiary/aromatic N) is 2. The molecule has 2 heterocycles. The molecule has 202 valence electrons. The largest absolute Gasteiger partial charge is 0.497 e. The number of fused-ring (bicyclic) bond motifs is 1. The van der Waals surface area contributed by atoms with Crippen LogP contribution in [0.25, 0.3) is 22.4 Å². The van der Waals surface area contributed by atoms with Gasteiger partial charge in [0, 0.05) is 40.6 Å². The summed E-state index contributed by atoms with van der Waals surface area (Å²) in [6.45, 7) is 0.980. The van der Waals surface area contributed by atoms with Gasteiger partial charge in [0.05, 0.1) is 25.5 Å². The third-order valence-electron chi connectivity index (χ3n) is 6.26. The van der Waals surface area contributed by atoms with E-state index in [-0.39, 0.29) is 12.3 Å². The van der Waals surface area contributed by atoms with Crippen LogP contribution < -0.4 is 24.3 Å². The number of aromatic nitrogens is 1. The fourth-order valence-electron chi connectivity index (χ4n) is 4.31. The molecule has 0 saturated heterocycles. The molecule has 0 saturated carbocycles.